The fraction of sp³-hybridized carbons (Fsp3) is 0.500. The molecular weight excluding hydrogens is 466 g/mol. The van der Waals surface area contributed by atoms with Gasteiger partial charge in [0.05, 0.1) is 44.2 Å². The van der Waals surface area contributed by atoms with E-state index in [1.165, 1.54) is 0 Å². The molecule has 2 aromatic carbocycles. The number of benzene rings is 2. The molecule has 0 aromatic heterocycles. The third-order valence-corrected chi connectivity index (χ3v) is 8.11. The zero-order valence-corrected chi connectivity index (χ0v) is 22.5. The number of quaternary nitrogens is 1. The van der Waals surface area contributed by atoms with Crippen molar-refractivity contribution in [3.8, 4) is 17.6 Å². The third-order valence-electron chi connectivity index (χ3n) is 8.11. The van der Waals surface area contributed by atoms with Crippen molar-refractivity contribution >= 4 is 11.8 Å². The van der Waals surface area contributed by atoms with E-state index < -0.39 is 17.4 Å². The van der Waals surface area contributed by atoms with Crippen molar-refractivity contribution in [2.75, 3.05) is 20.8 Å². The van der Waals surface area contributed by atoms with Crippen LogP contribution in [0.1, 0.15) is 63.5 Å². The molecule has 7 nitrogen and oxygen atoms in total. The van der Waals surface area contributed by atoms with Crippen LogP contribution in [0.3, 0.4) is 0 Å². The second-order valence-electron chi connectivity index (χ2n) is 10.3. The number of hydrogen-bond acceptors (Lipinski definition) is 5. The van der Waals surface area contributed by atoms with Crippen molar-refractivity contribution in [2.24, 2.45) is 11.7 Å². The molecule has 1 aliphatic rings. The maximum absolute atomic E-state index is 13.9. The number of rotatable bonds is 12. The van der Waals surface area contributed by atoms with Crippen LogP contribution in [0.15, 0.2) is 48.5 Å². The van der Waals surface area contributed by atoms with Gasteiger partial charge < -0.3 is 15.2 Å². The molecule has 0 bridgehead atoms. The highest BCUT2D eigenvalue weighted by molar-refractivity contribution is 5.82. The van der Waals surface area contributed by atoms with Crippen LogP contribution in [0.2, 0.25) is 0 Å². The van der Waals surface area contributed by atoms with Crippen molar-refractivity contribution in [3.05, 3.63) is 59.7 Å². The topological polar surface area (TPSA) is 102 Å². The van der Waals surface area contributed by atoms with E-state index in [0.29, 0.717) is 43.7 Å². The molecule has 1 heterocycles. The Morgan fingerprint density at radius 1 is 1.08 bits per heavy atom. The average molecular weight is 507 g/mol. The summed E-state index contributed by atoms with van der Waals surface area (Å²) in [5.41, 5.74) is 7.00. The lowest BCUT2D eigenvalue weighted by Crippen LogP contribution is -2.59. The summed E-state index contributed by atoms with van der Waals surface area (Å²) in [6.07, 6.45) is 3.67. The molecule has 2 amide bonds. The first-order chi connectivity index (χ1) is 17.8. The fourth-order valence-electron chi connectivity index (χ4n) is 5.95. The molecule has 0 saturated carbocycles. The number of carbonyl (C=O) groups excluding carboxylic acids is 2. The predicted molar refractivity (Wildman–Crippen MR) is 143 cm³/mol. The summed E-state index contributed by atoms with van der Waals surface area (Å²) in [6.45, 7) is 4.98. The largest absolute Gasteiger partial charge is 0.496 e. The number of unbranched alkanes of at least 4 members (excludes halogenated alkanes) is 1. The second kappa shape index (κ2) is 12.2. The van der Waals surface area contributed by atoms with Gasteiger partial charge in [0.25, 0.3) is 5.91 Å². The number of amides is 2. The lowest BCUT2D eigenvalue weighted by Gasteiger charge is -2.37. The Bertz CT molecular complexity index is 1110. The van der Waals surface area contributed by atoms with Crippen LogP contribution >= 0.6 is 0 Å². The van der Waals surface area contributed by atoms with Gasteiger partial charge in [-0.25, -0.2) is 9.28 Å². The maximum Gasteiger partial charge on any atom is 0.314 e. The number of nitriles is 1. The SMILES string of the molecule is COc1cccc(OC)c1C[N@+]1(C(=O)CCCC[C@@](C#N)(c2ccccc2)C(C)C)CCCC1C(N)=O. The van der Waals surface area contributed by atoms with Crippen LogP contribution in [0.25, 0.3) is 0 Å². The van der Waals surface area contributed by atoms with Gasteiger partial charge in [0.1, 0.15) is 18.0 Å². The summed E-state index contributed by atoms with van der Waals surface area (Å²) < 4.78 is 11.2. The van der Waals surface area contributed by atoms with E-state index in [9.17, 15) is 14.9 Å². The lowest BCUT2D eigenvalue weighted by atomic mass is 9.69. The molecular formula is C30H40N3O4+. The summed E-state index contributed by atoms with van der Waals surface area (Å²) in [4.78, 5) is 26.4. The van der Waals surface area contributed by atoms with E-state index in [-0.39, 0.29) is 22.9 Å². The second-order valence-corrected chi connectivity index (χ2v) is 10.3. The van der Waals surface area contributed by atoms with E-state index in [0.717, 1.165) is 24.0 Å². The molecule has 0 spiro atoms. The van der Waals surface area contributed by atoms with Crippen LogP contribution in [-0.2, 0) is 21.5 Å². The number of hydrogen-bond donors (Lipinski definition) is 1. The number of nitrogens with zero attached hydrogens (tertiary/aromatic N) is 2. The molecule has 1 fully saturated rings. The van der Waals surface area contributed by atoms with Gasteiger partial charge in [-0.05, 0) is 36.5 Å². The fourth-order valence-corrected chi connectivity index (χ4v) is 5.95. The van der Waals surface area contributed by atoms with E-state index in [1.54, 1.807) is 14.2 Å². The normalized spacial score (nSPS) is 20.7. The van der Waals surface area contributed by atoms with Gasteiger partial charge >= 0.3 is 5.91 Å². The first-order valence-electron chi connectivity index (χ1n) is 13.1. The Kier molecular flexibility index (Phi) is 9.34. The smallest absolute Gasteiger partial charge is 0.314 e. The van der Waals surface area contributed by atoms with Gasteiger partial charge in [0, 0.05) is 12.8 Å². The molecule has 1 unspecified atom stereocenters. The number of ether oxygens (including phenoxy) is 2. The summed E-state index contributed by atoms with van der Waals surface area (Å²) >= 11 is 0. The van der Waals surface area contributed by atoms with Crippen molar-refractivity contribution < 1.29 is 23.5 Å². The summed E-state index contributed by atoms with van der Waals surface area (Å²) in [6, 6.07) is 17.4. The van der Waals surface area contributed by atoms with Crippen LogP contribution in [0.4, 0.5) is 0 Å². The van der Waals surface area contributed by atoms with Gasteiger partial charge in [-0.15, -0.1) is 0 Å². The molecule has 3 rings (SSSR count). The van der Waals surface area contributed by atoms with Crippen molar-refractivity contribution in [2.45, 2.75) is 70.4 Å². The molecule has 2 N–H and O–H groups in total. The molecule has 0 aliphatic carbocycles. The first-order valence-corrected chi connectivity index (χ1v) is 13.1. The zero-order chi connectivity index (χ0) is 27.1. The third kappa shape index (κ3) is 5.65. The minimum Gasteiger partial charge on any atom is -0.496 e. The summed E-state index contributed by atoms with van der Waals surface area (Å²) in [5, 5.41) is 10.2. The van der Waals surface area contributed by atoms with Gasteiger partial charge in [-0.2, -0.15) is 5.26 Å². The molecule has 2 aromatic rings. The molecule has 3 atom stereocenters. The number of methoxy groups -OCH3 is 2. The minimum atomic E-state index is -0.606. The lowest BCUT2D eigenvalue weighted by molar-refractivity contribution is -0.871. The molecule has 0 radical (unpaired) electrons. The van der Waals surface area contributed by atoms with Crippen molar-refractivity contribution in [3.63, 3.8) is 0 Å². The van der Waals surface area contributed by atoms with E-state index in [1.807, 2.05) is 48.5 Å². The molecule has 7 heteroatoms. The van der Waals surface area contributed by atoms with Crippen LogP contribution in [-0.4, -0.2) is 43.1 Å². The highest BCUT2D eigenvalue weighted by Gasteiger charge is 2.51. The van der Waals surface area contributed by atoms with Crippen molar-refractivity contribution in [1.82, 2.24) is 0 Å². The monoisotopic (exact) mass is 506 g/mol. The number of carbonyl (C=O) groups is 2. The van der Waals surface area contributed by atoms with Gasteiger partial charge in [-0.3, -0.25) is 4.79 Å². The standard InChI is InChI=1S/C30H39N3O4/c1-22(2)30(21-31,23-12-6-5-7-13-23)18-9-8-17-28(34)33(19-11-14-25(33)29(32)35)20-24-26(36-3)15-10-16-27(24)37-4/h5-7,10,12-13,15-16,22,25H,8-9,11,14,17-20H2,1-4H3,(H-,32,35)/p+1/t25?,30-,33+/m0/s1. The average Bonchev–Trinajstić information content (AvgIpc) is 3.34. The van der Waals surface area contributed by atoms with Gasteiger partial charge in [-0.1, -0.05) is 56.7 Å². The predicted octanol–water partition coefficient (Wildman–Crippen LogP) is 4.87. The van der Waals surface area contributed by atoms with Gasteiger partial charge in [0.15, 0.2) is 6.04 Å². The maximum atomic E-state index is 13.9. The Morgan fingerprint density at radius 3 is 2.27 bits per heavy atom. The summed E-state index contributed by atoms with van der Waals surface area (Å²) in [7, 11) is 3.17. The van der Waals surface area contributed by atoms with Gasteiger partial charge in [0.2, 0.25) is 0 Å². The molecule has 198 valence electrons. The van der Waals surface area contributed by atoms with Crippen molar-refractivity contribution in [1.29, 1.82) is 5.26 Å². The van der Waals surface area contributed by atoms with E-state index in [4.69, 9.17) is 15.2 Å². The Morgan fingerprint density at radius 2 is 1.73 bits per heavy atom. The number of primary amides is 1. The quantitative estimate of drug-likeness (QED) is 0.327. The van der Waals surface area contributed by atoms with Crippen LogP contribution < -0.4 is 15.2 Å². The number of likely N-dealkylation sites (tertiary alicyclic amines) is 1. The molecule has 37 heavy (non-hydrogen) atoms. The highest BCUT2D eigenvalue weighted by Crippen LogP contribution is 2.39. The molecule has 1 saturated heterocycles. The highest BCUT2D eigenvalue weighted by atomic mass is 16.5. The minimum absolute atomic E-state index is 0.000995. The summed E-state index contributed by atoms with van der Waals surface area (Å²) in [5.74, 6) is 0.926. The Balaban J connectivity index is 1.82. The van der Waals surface area contributed by atoms with E-state index in [2.05, 4.69) is 19.9 Å². The Hall–Kier alpha value is -3.37. The number of nitrogens with two attached hydrogens (primary N) is 1. The van der Waals surface area contributed by atoms with E-state index >= 15 is 0 Å². The Labute approximate surface area is 220 Å². The molecule has 1 aliphatic heterocycles. The first kappa shape index (κ1) is 28.2. The van der Waals surface area contributed by atoms with Crippen LogP contribution in [0, 0.1) is 17.2 Å². The zero-order valence-electron chi connectivity index (χ0n) is 22.5. The van der Waals surface area contributed by atoms with Crippen LogP contribution in [0.5, 0.6) is 11.5 Å².